The van der Waals surface area contributed by atoms with Crippen LogP contribution in [0.4, 0.5) is 5.69 Å². The van der Waals surface area contributed by atoms with Crippen molar-refractivity contribution in [3.63, 3.8) is 0 Å². The lowest BCUT2D eigenvalue weighted by Crippen LogP contribution is -2.32. The normalized spacial score (nSPS) is 22.8. The third-order valence-corrected chi connectivity index (χ3v) is 4.62. The molecule has 128 valence electrons. The van der Waals surface area contributed by atoms with Gasteiger partial charge in [-0.2, -0.15) is 0 Å². The maximum atomic E-state index is 12.3. The largest absolute Gasteiger partial charge is 0.482 e. The summed E-state index contributed by atoms with van der Waals surface area (Å²) in [5.41, 5.74) is 0.958. The van der Waals surface area contributed by atoms with E-state index in [0.717, 1.165) is 12.8 Å². The Hall–Kier alpha value is -2.57. The molecule has 0 aromatic heterocycles. The number of carbonyl (C=O) groups excluding carboxylic acids is 2. The van der Waals surface area contributed by atoms with Crippen molar-refractivity contribution in [3.05, 3.63) is 23.8 Å². The Morgan fingerprint density at radius 1 is 1.25 bits per heavy atom. The van der Waals surface area contributed by atoms with Gasteiger partial charge in [0.05, 0.1) is 11.6 Å². The molecule has 0 atom stereocenters. The molecule has 3 N–H and O–H groups in total. The second-order valence-electron chi connectivity index (χ2n) is 6.31. The number of rotatable bonds is 4. The third-order valence-electron chi connectivity index (χ3n) is 4.62. The molecule has 2 amide bonds. The lowest BCUT2D eigenvalue weighted by molar-refractivity contribution is -0.143. The maximum absolute atomic E-state index is 12.3. The van der Waals surface area contributed by atoms with Crippen molar-refractivity contribution in [2.75, 3.05) is 18.5 Å². The van der Waals surface area contributed by atoms with Crippen LogP contribution in [0.5, 0.6) is 5.75 Å². The second kappa shape index (κ2) is 6.90. The van der Waals surface area contributed by atoms with Gasteiger partial charge in [0.25, 0.3) is 11.8 Å². The summed E-state index contributed by atoms with van der Waals surface area (Å²) in [6, 6.07) is 4.93. The summed E-state index contributed by atoms with van der Waals surface area (Å²) >= 11 is 0. The van der Waals surface area contributed by atoms with Crippen molar-refractivity contribution in [2.24, 2.45) is 11.8 Å². The number of nitrogens with one attached hydrogen (secondary N) is 2. The fraction of sp³-hybridized carbons (Fsp3) is 0.471. The molecule has 1 aromatic carbocycles. The van der Waals surface area contributed by atoms with E-state index in [1.54, 1.807) is 18.2 Å². The molecule has 2 aliphatic rings. The van der Waals surface area contributed by atoms with Crippen LogP contribution in [0, 0.1) is 11.8 Å². The lowest BCUT2D eigenvalue weighted by Gasteiger charge is -2.26. The van der Waals surface area contributed by atoms with Crippen molar-refractivity contribution < 1.29 is 24.2 Å². The van der Waals surface area contributed by atoms with Crippen molar-refractivity contribution in [3.8, 4) is 5.75 Å². The minimum absolute atomic E-state index is 0.0163. The number of benzene rings is 1. The van der Waals surface area contributed by atoms with E-state index in [9.17, 15) is 14.4 Å². The number of fused-ring (bicyclic) bond motifs is 1. The molecule has 0 unspecified atom stereocenters. The first-order valence-corrected chi connectivity index (χ1v) is 8.10. The minimum atomic E-state index is -0.726. The second-order valence-corrected chi connectivity index (χ2v) is 6.31. The molecule has 1 aliphatic heterocycles. The summed E-state index contributed by atoms with van der Waals surface area (Å²) in [6.07, 6.45) is 2.95. The molecule has 0 bridgehead atoms. The maximum Gasteiger partial charge on any atom is 0.306 e. The molecule has 1 saturated carbocycles. The molecule has 7 heteroatoms. The highest BCUT2D eigenvalue weighted by Gasteiger charge is 2.26. The van der Waals surface area contributed by atoms with Crippen molar-refractivity contribution in [1.82, 2.24) is 5.32 Å². The van der Waals surface area contributed by atoms with E-state index in [1.807, 2.05) is 0 Å². The van der Waals surface area contributed by atoms with Gasteiger partial charge in [-0.1, -0.05) is 0 Å². The molecule has 0 saturated heterocycles. The predicted molar refractivity (Wildman–Crippen MR) is 86.0 cm³/mol. The molecule has 7 nitrogen and oxygen atoms in total. The summed E-state index contributed by atoms with van der Waals surface area (Å²) in [5, 5.41) is 14.6. The highest BCUT2D eigenvalue weighted by molar-refractivity contribution is 5.99. The first-order chi connectivity index (χ1) is 11.5. The van der Waals surface area contributed by atoms with Gasteiger partial charge in [-0.15, -0.1) is 0 Å². The Balaban J connectivity index is 1.53. The predicted octanol–water partition coefficient (Wildman–Crippen LogP) is 1.64. The van der Waals surface area contributed by atoms with Crippen LogP contribution in [0.15, 0.2) is 18.2 Å². The number of aliphatic carboxylic acids is 1. The topological polar surface area (TPSA) is 105 Å². The molecule has 0 radical (unpaired) electrons. The van der Waals surface area contributed by atoms with Gasteiger partial charge in [0.1, 0.15) is 5.75 Å². The van der Waals surface area contributed by atoms with Crippen LogP contribution in [0.2, 0.25) is 0 Å². The van der Waals surface area contributed by atoms with Crippen molar-refractivity contribution >= 4 is 23.5 Å². The SMILES string of the molecule is O=C1COc2ccc(C(=O)NCC3CCC(C(=O)O)CC3)cc2N1. The lowest BCUT2D eigenvalue weighted by atomic mass is 9.82. The number of hydrogen-bond donors (Lipinski definition) is 3. The zero-order valence-electron chi connectivity index (χ0n) is 13.2. The zero-order chi connectivity index (χ0) is 17.1. The highest BCUT2D eigenvalue weighted by Crippen LogP contribution is 2.30. The minimum Gasteiger partial charge on any atom is -0.482 e. The summed E-state index contributed by atoms with van der Waals surface area (Å²) in [6.45, 7) is 0.517. The third kappa shape index (κ3) is 3.67. The molecular weight excluding hydrogens is 312 g/mol. The number of carboxylic acids is 1. The average Bonchev–Trinajstić information content (AvgIpc) is 2.59. The van der Waals surface area contributed by atoms with Crippen LogP contribution in [-0.2, 0) is 9.59 Å². The smallest absolute Gasteiger partial charge is 0.306 e. The van der Waals surface area contributed by atoms with Crippen LogP contribution in [0.1, 0.15) is 36.0 Å². The summed E-state index contributed by atoms with van der Waals surface area (Å²) < 4.78 is 5.26. The number of anilines is 1. The Bertz CT molecular complexity index is 665. The number of carbonyl (C=O) groups is 3. The van der Waals surface area contributed by atoms with Crippen LogP contribution in [-0.4, -0.2) is 36.0 Å². The van der Waals surface area contributed by atoms with E-state index in [2.05, 4.69) is 10.6 Å². The van der Waals surface area contributed by atoms with Gasteiger partial charge in [-0.3, -0.25) is 14.4 Å². The molecule has 1 heterocycles. The van der Waals surface area contributed by atoms with Crippen molar-refractivity contribution in [2.45, 2.75) is 25.7 Å². The van der Waals surface area contributed by atoms with Crippen molar-refractivity contribution in [1.29, 1.82) is 0 Å². The fourth-order valence-electron chi connectivity index (χ4n) is 3.18. The Morgan fingerprint density at radius 2 is 2.00 bits per heavy atom. The van der Waals surface area contributed by atoms with Crippen LogP contribution >= 0.6 is 0 Å². The average molecular weight is 332 g/mol. The highest BCUT2D eigenvalue weighted by atomic mass is 16.5. The molecule has 1 aromatic rings. The van der Waals surface area contributed by atoms with Gasteiger partial charge in [0, 0.05) is 12.1 Å². The Kier molecular flexibility index (Phi) is 4.69. The van der Waals surface area contributed by atoms with E-state index >= 15 is 0 Å². The molecule has 0 spiro atoms. The van der Waals surface area contributed by atoms with E-state index in [-0.39, 0.29) is 24.3 Å². The van der Waals surface area contributed by atoms with E-state index in [0.29, 0.717) is 42.3 Å². The Labute approximate surface area is 139 Å². The molecule has 1 aliphatic carbocycles. The quantitative estimate of drug-likeness (QED) is 0.777. The number of hydrogen-bond acceptors (Lipinski definition) is 4. The molecule has 1 fully saturated rings. The molecule has 3 rings (SSSR count). The van der Waals surface area contributed by atoms with Crippen LogP contribution in [0.25, 0.3) is 0 Å². The Morgan fingerprint density at radius 3 is 2.71 bits per heavy atom. The number of amides is 2. The standard InChI is InChI=1S/C17H20N2O5/c20-15-9-24-14-6-5-12(7-13(14)19-15)16(21)18-8-10-1-3-11(4-2-10)17(22)23/h5-7,10-11H,1-4,8-9H2,(H,18,21)(H,19,20)(H,22,23). The summed E-state index contributed by atoms with van der Waals surface area (Å²) in [7, 11) is 0. The van der Waals surface area contributed by atoms with Crippen LogP contribution in [0.3, 0.4) is 0 Å². The summed E-state index contributed by atoms with van der Waals surface area (Å²) in [5.74, 6) is -0.561. The summed E-state index contributed by atoms with van der Waals surface area (Å²) in [4.78, 5) is 34.5. The first kappa shape index (κ1) is 16.3. The molecular formula is C17H20N2O5. The number of carboxylic acid groups (broad SMARTS) is 1. The van der Waals surface area contributed by atoms with Crippen LogP contribution < -0.4 is 15.4 Å². The van der Waals surface area contributed by atoms with Gasteiger partial charge in [0.15, 0.2) is 6.61 Å². The van der Waals surface area contributed by atoms with E-state index < -0.39 is 5.97 Å². The van der Waals surface area contributed by atoms with Gasteiger partial charge in [-0.25, -0.2) is 0 Å². The number of ether oxygens (including phenoxy) is 1. The monoisotopic (exact) mass is 332 g/mol. The fourth-order valence-corrected chi connectivity index (χ4v) is 3.18. The van der Waals surface area contributed by atoms with Gasteiger partial charge in [-0.05, 0) is 49.8 Å². The van der Waals surface area contributed by atoms with E-state index in [4.69, 9.17) is 9.84 Å². The zero-order valence-corrected chi connectivity index (χ0v) is 13.2. The molecule has 24 heavy (non-hydrogen) atoms. The van der Waals surface area contributed by atoms with Gasteiger partial charge >= 0.3 is 5.97 Å². The first-order valence-electron chi connectivity index (χ1n) is 8.10. The van der Waals surface area contributed by atoms with Gasteiger partial charge < -0.3 is 20.5 Å². The van der Waals surface area contributed by atoms with E-state index in [1.165, 1.54) is 0 Å². The van der Waals surface area contributed by atoms with Gasteiger partial charge in [0.2, 0.25) is 0 Å².